The van der Waals surface area contributed by atoms with E-state index in [0.29, 0.717) is 0 Å². The van der Waals surface area contributed by atoms with Crippen LogP contribution in [-0.4, -0.2) is 48.3 Å². The maximum Gasteiger partial charge on any atom is 0.351 e. The fourth-order valence-electron chi connectivity index (χ4n) is 2.37. The van der Waals surface area contributed by atoms with E-state index in [1.54, 1.807) is 0 Å². The van der Waals surface area contributed by atoms with Crippen LogP contribution in [0.5, 0.6) is 0 Å². The van der Waals surface area contributed by atoms with E-state index in [0.717, 1.165) is 4.57 Å². The lowest BCUT2D eigenvalue weighted by molar-refractivity contribution is -0.162. The van der Waals surface area contributed by atoms with E-state index in [4.69, 9.17) is 10.5 Å². The summed E-state index contributed by atoms with van der Waals surface area (Å²) in [6.07, 6.45) is 0.124. The lowest BCUT2D eigenvalue weighted by atomic mass is 9.76. The number of aliphatic hydroxyl groups excluding tert-OH is 1. The van der Waals surface area contributed by atoms with Gasteiger partial charge in [-0.3, -0.25) is 4.57 Å². The second-order valence-electron chi connectivity index (χ2n) is 5.62. The molecule has 0 amide bonds. The quantitative estimate of drug-likeness (QED) is 0.526. The lowest BCUT2D eigenvalue weighted by Gasteiger charge is -2.39. The molecule has 0 radical (unpaired) electrons. The third-order valence-corrected chi connectivity index (χ3v) is 4.27. The van der Waals surface area contributed by atoms with Crippen molar-refractivity contribution in [2.45, 2.75) is 43.8 Å². The molecule has 0 aromatic carbocycles. The van der Waals surface area contributed by atoms with E-state index in [1.807, 2.05) is 0 Å². The van der Waals surface area contributed by atoms with Crippen molar-refractivity contribution >= 4 is 5.82 Å². The molecule has 1 saturated heterocycles. The number of aliphatic hydroxyl groups is 3. The average Bonchev–Trinajstić information content (AvgIpc) is 2.48. The third kappa shape index (κ3) is 1.76. The Morgan fingerprint density at radius 3 is 2.50 bits per heavy atom. The van der Waals surface area contributed by atoms with Crippen LogP contribution >= 0.6 is 0 Å². The zero-order valence-corrected chi connectivity index (χ0v) is 11.6. The number of hydrogen-bond acceptors (Lipinski definition) is 7. The summed E-state index contributed by atoms with van der Waals surface area (Å²) in [5, 5.41) is 30.6. The molecule has 8 nitrogen and oxygen atoms in total. The van der Waals surface area contributed by atoms with Gasteiger partial charge in [-0.15, -0.1) is 0 Å². The van der Waals surface area contributed by atoms with Gasteiger partial charge in [0.15, 0.2) is 6.23 Å². The second kappa shape index (κ2) is 4.26. The summed E-state index contributed by atoms with van der Waals surface area (Å²) in [6.45, 7) is 3.61. The third-order valence-electron chi connectivity index (χ3n) is 4.27. The SMILES string of the molecule is CC1(O)[C@@](C)(CO)O[C@@H](n2ccc(N)nc2=O)[C@]1(C)O. The fraction of sp³-hybridized carbons (Fsp3) is 0.667. The van der Waals surface area contributed by atoms with Gasteiger partial charge < -0.3 is 25.8 Å². The molecule has 1 unspecified atom stereocenters. The minimum absolute atomic E-state index is 0.0422. The number of nitrogen functional groups attached to an aromatic ring is 1. The number of nitrogens with zero attached hydrogens (tertiary/aromatic N) is 2. The molecule has 1 aliphatic heterocycles. The molecule has 0 spiro atoms. The van der Waals surface area contributed by atoms with Crippen LogP contribution in [0.1, 0.15) is 27.0 Å². The summed E-state index contributed by atoms with van der Waals surface area (Å²) in [5.74, 6) is 0.0422. The number of nitrogens with two attached hydrogens (primary N) is 1. The van der Waals surface area contributed by atoms with Crippen LogP contribution in [0.4, 0.5) is 5.82 Å². The van der Waals surface area contributed by atoms with Crippen LogP contribution < -0.4 is 11.4 Å². The van der Waals surface area contributed by atoms with Gasteiger partial charge in [0.1, 0.15) is 22.6 Å². The second-order valence-corrected chi connectivity index (χ2v) is 5.62. The molecule has 1 aromatic heterocycles. The molecular weight excluding hydrogens is 266 g/mol. The molecule has 0 aliphatic carbocycles. The highest BCUT2D eigenvalue weighted by Gasteiger charge is 2.67. The van der Waals surface area contributed by atoms with Crippen LogP contribution in [-0.2, 0) is 4.74 Å². The van der Waals surface area contributed by atoms with Crippen LogP contribution in [0.3, 0.4) is 0 Å². The first kappa shape index (κ1) is 14.9. The Bertz CT molecular complexity index is 583. The average molecular weight is 285 g/mol. The van der Waals surface area contributed by atoms with E-state index in [1.165, 1.54) is 33.0 Å². The summed E-state index contributed by atoms with van der Waals surface area (Å²) in [7, 11) is 0. The predicted molar refractivity (Wildman–Crippen MR) is 69.8 cm³/mol. The summed E-state index contributed by atoms with van der Waals surface area (Å²) in [5.41, 5.74) is -0.325. The molecule has 1 aromatic rings. The minimum Gasteiger partial charge on any atom is -0.393 e. The van der Waals surface area contributed by atoms with Crippen LogP contribution in [0.25, 0.3) is 0 Å². The van der Waals surface area contributed by atoms with E-state index in [-0.39, 0.29) is 5.82 Å². The Morgan fingerprint density at radius 2 is 2.05 bits per heavy atom. The molecule has 20 heavy (non-hydrogen) atoms. The van der Waals surface area contributed by atoms with Gasteiger partial charge in [0.25, 0.3) is 0 Å². The standard InChI is InChI=1S/C12H19N3O5/c1-10(6-16)12(3,19)11(2,18)8(20-10)15-5-4-7(13)14-9(15)17/h4-5,8,16,18-19H,6H2,1-3H3,(H2,13,14,17)/t8-,10-,11+,12?/m1/s1. The van der Waals surface area contributed by atoms with Crippen molar-refractivity contribution in [1.29, 1.82) is 0 Å². The lowest BCUT2D eigenvalue weighted by Crippen LogP contribution is -2.60. The monoisotopic (exact) mass is 285 g/mol. The number of aromatic nitrogens is 2. The first-order valence-corrected chi connectivity index (χ1v) is 6.15. The molecule has 2 rings (SSSR count). The van der Waals surface area contributed by atoms with Crippen molar-refractivity contribution in [3.05, 3.63) is 22.7 Å². The van der Waals surface area contributed by atoms with Gasteiger partial charge in [-0.2, -0.15) is 4.98 Å². The van der Waals surface area contributed by atoms with E-state index in [9.17, 15) is 20.1 Å². The van der Waals surface area contributed by atoms with Crippen LogP contribution in [0, 0.1) is 0 Å². The van der Waals surface area contributed by atoms with Crippen molar-refractivity contribution in [2.75, 3.05) is 12.3 Å². The Hall–Kier alpha value is -1.48. The van der Waals surface area contributed by atoms with Crippen LogP contribution in [0.2, 0.25) is 0 Å². The number of rotatable bonds is 2. The van der Waals surface area contributed by atoms with Crippen molar-refractivity contribution in [3.63, 3.8) is 0 Å². The van der Waals surface area contributed by atoms with E-state index in [2.05, 4.69) is 4.98 Å². The molecule has 112 valence electrons. The van der Waals surface area contributed by atoms with Gasteiger partial charge in [0, 0.05) is 6.20 Å². The largest absolute Gasteiger partial charge is 0.393 e. The number of anilines is 1. The van der Waals surface area contributed by atoms with Crippen molar-refractivity contribution in [1.82, 2.24) is 9.55 Å². The zero-order valence-electron chi connectivity index (χ0n) is 11.6. The van der Waals surface area contributed by atoms with Gasteiger partial charge in [-0.05, 0) is 26.8 Å². The molecule has 1 aliphatic rings. The maximum atomic E-state index is 11.9. The molecule has 1 fully saturated rings. The topological polar surface area (TPSA) is 131 Å². The van der Waals surface area contributed by atoms with Crippen molar-refractivity contribution in [3.8, 4) is 0 Å². The molecule has 2 heterocycles. The Morgan fingerprint density at radius 1 is 1.45 bits per heavy atom. The summed E-state index contributed by atoms with van der Waals surface area (Å²) in [4.78, 5) is 15.4. The molecule has 0 bridgehead atoms. The normalized spacial score (nSPS) is 41.0. The molecular formula is C12H19N3O5. The van der Waals surface area contributed by atoms with Gasteiger partial charge in [0.05, 0.1) is 6.61 Å². The highest BCUT2D eigenvalue weighted by Crippen LogP contribution is 2.50. The minimum atomic E-state index is -1.81. The molecule has 8 heteroatoms. The summed E-state index contributed by atoms with van der Waals surface area (Å²) < 4.78 is 6.60. The summed E-state index contributed by atoms with van der Waals surface area (Å²) >= 11 is 0. The summed E-state index contributed by atoms with van der Waals surface area (Å²) in [6, 6.07) is 1.38. The molecule has 0 saturated carbocycles. The number of ether oxygens (including phenoxy) is 1. The van der Waals surface area contributed by atoms with Crippen molar-refractivity contribution < 1.29 is 20.1 Å². The van der Waals surface area contributed by atoms with Gasteiger partial charge >= 0.3 is 5.69 Å². The molecule has 5 N–H and O–H groups in total. The first-order valence-electron chi connectivity index (χ1n) is 6.15. The smallest absolute Gasteiger partial charge is 0.351 e. The van der Waals surface area contributed by atoms with E-state index < -0.39 is 35.3 Å². The maximum absolute atomic E-state index is 11.9. The highest BCUT2D eigenvalue weighted by molar-refractivity contribution is 5.24. The Balaban J connectivity index is 2.56. The van der Waals surface area contributed by atoms with Crippen molar-refractivity contribution in [2.24, 2.45) is 0 Å². The Kier molecular flexibility index (Phi) is 3.17. The van der Waals surface area contributed by atoms with Gasteiger partial charge in [-0.25, -0.2) is 4.79 Å². The fourth-order valence-corrected chi connectivity index (χ4v) is 2.37. The number of hydrogen-bond donors (Lipinski definition) is 4. The molecule has 4 atom stereocenters. The first-order chi connectivity index (χ1) is 9.07. The van der Waals surface area contributed by atoms with E-state index >= 15 is 0 Å². The van der Waals surface area contributed by atoms with Gasteiger partial charge in [0.2, 0.25) is 0 Å². The zero-order chi connectivity index (χ0) is 15.3. The van der Waals surface area contributed by atoms with Gasteiger partial charge in [-0.1, -0.05) is 0 Å². The highest BCUT2D eigenvalue weighted by atomic mass is 16.6. The predicted octanol–water partition coefficient (Wildman–Crippen LogP) is -1.39. The van der Waals surface area contributed by atoms with Crippen LogP contribution in [0.15, 0.2) is 17.1 Å². The Labute approximate surface area is 115 Å².